The molecule has 0 amide bonds. The summed E-state index contributed by atoms with van der Waals surface area (Å²) in [5.74, 6) is 0.602. The fourth-order valence-electron chi connectivity index (χ4n) is 1.30. The molecule has 1 aromatic rings. The number of hydrogen-bond acceptors (Lipinski definition) is 5. The van der Waals surface area contributed by atoms with Crippen molar-refractivity contribution in [2.75, 3.05) is 20.8 Å². The molecule has 0 spiro atoms. The van der Waals surface area contributed by atoms with E-state index in [4.69, 9.17) is 15.2 Å². The summed E-state index contributed by atoms with van der Waals surface area (Å²) >= 11 is 0. The minimum Gasteiger partial charge on any atom is -0.493 e. The molecule has 1 rings (SSSR count). The van der Waals surface area contributed by atoms with Crippen LogP contribution in [0.15, 0.2) is 18.2 Å². The van der Waals surface area contributed by atoms with E-state index in [0.717, 1.165) is 0 Å². The van der Waals surface area contributed by atoms with Crippen LogP contribution in [0.1, 0.15) is 24.2 Å². The molecule has 1 aromatic carbocycles. The zero-order valence-electron chi connectivity index (χ0n) is 11.1. The van der Waals surface area contributed by atoms with Crippen molar-refractivity contribution in [2.24, 2.45) is 5.73 Å². The van der Waals surface area contributed by atoms with Gasteiger partial charge in [0.05, 0.1) is 19.8 Å². The highest BCUT2D eigenvalue weighted by atomic mass is 16.5. The number of methoxy groups -OCH3 is 2. The molecule has 0 saturated carbocycles. The molecule has 0 fully saturated rings. The maximum atomic E-state index is 11.4. The monoisotopic (exact) mass is 253 g/mol. The van der Waals surface area contributed by atoms with Crippen LogP contribution in [-0.2, 0) is 4.74 Å². The molecular formula is C13H19NO4. The van der Waals surface area contributed by atoms with Gasteiger partial charge in [0.1, 0.15) is 6.61 Å². The zero-order chi connectivity index (χ0) is 13.8. The van der Waals surface area contributed by atoms with Crippen molar-refractivity contribution in [2.45, 2.75) is 19.4 Å². The van der Waals surface area contributed by atoms with Crippen LogP contribution in [0.3, 0.4) is 0 Å². The van der Waals surface area contributed by atoms with Crippen molar-refractivity contribution in [1.82, 2.24) is 0 Å². The molecular weight excluding hydrogens is 234 g/mol. The van der Waals surface area contributed by atoms with E-state index in [9.17, 15) is 4.79 Å². The van der Waals surface area contributed by atoms with E-state index in [2.05, 4.69) is 4.74 Å². The van der Waals surface area contributed by atoms with Crippen LogP contribution >= 0.6 is 0 Å². The second-order valence-electron chi connectivity index (χ2n) is 4.63. The molecule has 2 N–H and O–H groups in total. The minimum atomic E-state index is -0.438. The van der Waals surface area contributed by atoms with Crippen molar-refractivity contribution in [3.05, 3.63) is 23.8 Å². The van der Waals surface area contributed by atoms with Gasteiger partial charge in [-0.05, 0) is 32.0 Å². The number of rotatable bonds is 5. The first-order valence-electron chi connectivity index (χ1n) is 5.55. The fourth-order valence-corrected chi connectivity index (χ4v) is 1.30. The summed E-state index contributed by atoms with van der Waals surface area (Å²) in [7, 11) is 2.84. The first kappa shape index (κ1) is 14.3. The molecule has 18 heavy (non-hydrogen) atoms. The van der Waals surface area contributed by atoms with Crippen LogP contribution < -0.4 is 15.2 Å². The number of esters is 1. The Morgan fingerprint density at radius 2 is 1.94 bits per heavy atom. The Balaban J connectivity index is 2.90. The predicted molar refractivity (Wildman–Crippen MR) is 68.1 cm³/mol. The first-order chi connectivity index (χ1) is 8.37. The molecule has 5 nitrogen and oxygen atoms in total. The van der Waals surface area contributed by atoms with E-state index in [1.807, 2.05) is 13.8 Å². The van der Waals surface area contributed by atoms with Crippen LogP contribution in [0.25, 0.3) is 0 Å². The summed E-state index contributed by atoms with van der Waals surface area (Å²) in [6.45, 7) is 4.07. The van der Waals surface area contributed by atoms with E-state index in [1.54, 1.807) is 18.2 Å². The van der Waals surface area contributed by atoms with Gasteiger partial charge in [-0.2, -0.15) is 0 Å². The maximum absolute atomic E-state index is 11.4. The predicted octanol–water partition coefficient (Wildman–Crippen LogP) is 1.60. The number of nitrogens with two attached hydrogens (primary N) is 1. The first-order valence-corrected chi connectivity index (χ1v) is 5.55. The van der Waals surface area contributed by atoms with Gasteiger partial charge in [-0.3, -0.25) is 0 Å². The van der Waals surface area contributed by atoms with E-state index >= 15 is 0 Å². The topological polar surface area (TPSA) is 70.8 Å². The van der Waals surface area contributed by atoms with Crippen molar-refractivity contribution >= 4 is 5.97 Å². The molecule has 5 heteroatoms. The van der Waals surface area contributed by atoms with Gasteiger partial charge in [0.15, 0.2) is 11.5 Å². The molecule has 0 radical (unpaired) electrons. The second kappa shape index (κ2) is 5.73. The quantitative estimate of drug-likeness (QED) is 0.807. The van der Waals surface area contributed by atoms with Crippen LogP contribution in [0, 0.1) is 0 Å². The molecule has 0 bridgehead atoms. The average molecular weight is 253 g/mol. The van der Waals surface area contributed by atoms with E-state index < -0.39 is 11.5 Å². The lowest BCUT2D eigenvalue weighted by molar-refractivity contribution is 0.0600. The molecule has 0 aliphatic heterocycles. The Labute approximate surface area is 107 Å². The van der Waals surface area contributed by atoms with Crippen molar-refractivity contribution < 1.29 is 19.0 Å². The van der Waals surface area contributed by atoms with Gasteiger partial charge >= 0.3 is 5.97 Å². The van der Waals surface area contributed by atoms with Crippen LogP contribution in [0.4, 0.5) is 0 Å². The van der Waals surface area contributed by atoms with Crippen LogP contribution in [0.5, 0.6) is 11.5 Å². The molecule has 0 heterocycles. The normalized spacial score (nSPS) is 10.9. The Hall–Kier alpha value is -1.75. The van der Waals surface area contributed by atoms with Crippen LogP contribution in [0.2, 0.25) is 0 Å². The average Bonchev–Trinajstić information content (AvgIpc) is 2.34. The van der Waals surface area contributed by atoms with E-state index in [1.165, 1.54) is 14.2 Å². The molecule has 100 valence electrons. The number of benzene rings is 1. The number of carbonyl (C=O) groups excluding carboxylic acids is 1. The molecule has 0 aliphatic carbocycles. The largest absolute Gasteiger partial charge is 0.493 e. The SMILES string of the molecule is COC(=O)c1ccc(OCC(C)(C)N)c(OC)c1. The molecule has 0 aliphatic rings. The Morgan fingerprint density at radius 3 is 2.44 bits per heavy atom. The van der Waals surface area contributed by atoms with E-state index in [-0.39, 0.29) is 0 Å². The smallest absolute Gasteiger partial charge is 0.337 e. The number of ether oxygens (including phenoxy) is 3. The summed E-state index contributed by atoms with van der Waals surface area (Å²) in [6, 6.07) is 4.86. The van der Waals surface area contributed by atoms with Crippen molar-refractivity contribution in [3.63, 3.8) is 0 Å². The summed E-state index contributed by atoms with van der Waals surface area (Å²) < 4.78 is 15.4. The minimum absolute atomic E-state index is 0.348. The molecule has 0 saturated heterocycles. The highest BCUT2D eigenvalue weighted by molar-refractivity contribution is 5.90. The van der Waals surface area contributed by atoms with E-state index in [0.29, 0.717) is 23.7 Å². The zero-order valence-corrected chi connectivity index (χ0v) is 11.1. The lowest BCUT2D eigenvalue weighted by Crippen LogP contribution is -2.38. The highest BCUT2D eigenvalue weighted by Crippen LogP contribution is 2.28. The second-order valence-corrected chi connectivity index (χ2v) is 4.63. The summed E-state index contributed by atoms with van der Waals surface area (Å²) in [4.78, 5) is 11.4. The van der Waals surface area contributed by atoms with Gasteiger partial charge in [-0.1, -0.05) is 0 Å². The summed E-state index contributed by atoms with van der Waals surface area (Å²) in [5.41, 5.74) is 5.81. The number of carbonyl (C=O) groups is 1. The Bertz CT molecular complexity index is 423. The summed E-state index contributed by atoms with van der Waals surface area (Å²) in [6.07, 6.45) is 0. The van der Waals surface area contributed by atoms with Crippen molar-refractivity contribution in [1.29, 1.82) is 0 Å². The van der Waals surface area contributed by atoms with Gasteiger partial charge in [-0.25, -0.2) is 4.79 Å². The highest BCUT2D eigenvalue weighted by Gasteiger charge is 2.15. The molecule has 0 atom stereocenters. The fraction of sp³-hybridized carbons (Fsp3) is 0.462. The lowest BCUT2D eigenvalue weighted by atomic mass is 10.1. The standard InChI is InChI=1S/C13H19NO4/c1-13(2,14)8-18-10-6-5-9(12(15)17-4)7-11(10)16-3/h5-7H,8,14H2,1-4H3. The van der Waals surface area contributed by atoms with Gasteiger partial charge in [0.2, 0.25) is 0 Å². The third kappa shape index (κ3) is 3.92. The summed E-state index contributed by atoms with van der Waals surface area (Å²) in [5, 5.41) is 0. The molecule has 0 aromatic heterocycles. The van der Waals surface area contributed by atoms with Gasteiger partial charge < -0.3 is 19.9 Å². The van der Waals surface area contributed by atoms with Crippen molar-refractivity contribution in [3.8, 4) is 11.5 Å². The van der Waals surface area contributed by atoms with Gasteiger partial charge in [0, 0.05) is 5.54 Å². The molecule has 0 unspecified atom stereocenters. The van der Waals surface area contributed by atoms with Gasteiger partial charge in [0.25, 0.3) is 0 Å². The lowest BCUT2D eigenvalue weighted by Gasteiger charge is -2.20. The number of hydrogen-bond donors (Lipinski definition) is 1. The van der Waals surface area contributed by atoms with Crippen LogP contribution in [-0.4, -0.2) is 32.3 Å². The third-order valence-electron chi connectivity index (χ3n) is 2.18. The Kier molecular flexibility index (Phi) is 4.55. The van der Waals surface area contributed by atoms with Gasteiger partial charge in [-0.15, -0.1) is 0 Å². The third-order valence-corrected chi connectivity index (χ3v) is 2.18. The maximum Gasteiger partial charge on any atom is 0.337 e. The Morgan fingerprint density at radius 1 is 1.28 bits per heavy atom.